The Balaban J connectivity index is 2.94. The fourth-order valence-electron chi connectivity index (χ4n) is 1.27. The molecule has 72 valence electrons. The van der Waals surface area contributed by atoms with Crippen LogP contribution in [0.4, 0.5) is 0 Å². The molecule has 5 heteroatoms. The van der Waals surface area contributed by atoms with Crippen molar-refractivity contribution >= 4 is 22.6 Å². The van der Waals surface area contributed by atoms with Gasteiger partial charge in [0.15, 0.2) is 5.65 Å². The van der Waals surface area contributed by atoms with E-state index >= 15 is 0 Å². The van der Waals surface area contributed by atoms with E-state index in [0.717, 1.165) is 0 Å². The number of halogens is 1. The fourth-order valence-corrected chi connectivity index (χ4v) is 1.49. The Kier molecular flexibility index (Phi) is 2.21. The van der Waals surface area contributed by atoms with Gasteiger partial charge in [-0.15, -0.1) is 0 Å². The minimum Gasteiger partial charge on any atom is -0.299 e. The van der Waals surface area contributed by atoms with Crippen LogP contribution in [0.2, 0.25) is 5.02 Å². The van der Waals surface area contributed by atoms with Crippen LogP contribution >= 0.6 is 11.6 Å². The molecule has 0 aliphatic carbocycles. The Morgan fingerprint density at radius 1 is 1.50 bits per heavy atom. The molecule has 0 atom stereocenters. The zero-order valence-electron chi connectivity index (χ0n) is 7.57. The monoisotopic (exact) mass is 209 g/mol. The zero-order chi connectivity index (χ0) is 10.1. The highest BCUT2D eigenvalue weighted by atomic mass is 35.5. The summed E-state index contributed by atoms with van der Waals surface area (Å²) in [7, 11) is 0. The summed E-state index contributed by atoms with van der Waals surface area (Å²) >= 11 is 5.90. The van der Waals surface area contributed by atoms with Crippen LogP contribution in [0.1, 0.15) is 6.92 Å². The molecule has 0 aliphatic rings. The Morgan fingerprint density at radius 2 is 2.29 bits per heavy atom. The molecule has 0 saturated heterocycles. The van der Waals surface area contributed by atoms with Gasteiger partial charge >= 0.3 is 0 Å². The summed E-state index contributed by atoms with van der Waals surface area (Å²) in [6.07, 6.45) is 3.02. The van der Waals surface area contributed by atoms with Crippen LogP contribution in [0, 0.1) is 0 Å². The van der Waals surface area contributed by atoms with E-state index in [2.05, 4.69) is 9.97 Å². The van der Waals surface area contributed by atoms with Crippen LogP contribution in [-0.4, -0.2) is 14.5 Å². The zero-order valence-corrected chi connectivity index (χ0v) is 8.32. The number of aryl methyl sites for hydroxylation is 1. The van der Waals surface area contributed by atoms with Crippen LogP contribution in [0.25, 0.3) is 11.0 Å². The lowest BCUT2D eigenvalue weighted by Crippen LogP contribution is -2.20. The van der Waals surface area contributed by atoms with Gasteiger partial charge in [-0.2, -0.15) is 0 Å². The van der Waals surface area contributed by atoms with E-state index in [4.69, 9.17) is 11.6 Å². The summed E-state index contributed by atoms with van der Waals surface area (Å²) in [5.41, 5.74) is 0.253. The maximum absolute atomic E-state index is 11.8. The first-order valence-electron chi connectivity index (χ1n) is 4.23. The van der Waals surface area contributed by atoms with E-state index in [0.29, 0.717) is 22.6 Å². The SMILES string of the molecule is CCn1cnc2nccc(Cl)c2c1=O. The number of aromatic nitrogens is 3. The maximum Gasteiger partial charge on any atom is 0.264 e. The quantitative estimate of drug-likeness (QED) is 0.715. The molecule has 0 spiro atoms. The molecule has 14 heavy (non-hydrogen) atoms. The van der Waals surface area contributed by atoms with Crippen LogP contribution in [0.5, 0.6) is 0 Å². The van der Waals surface area contributed by atoms with E-state index in [-0.39, 0.29) is 5.56 Å². The Labute approximate surface area is 85.2 Å². The van der Waals surface area contributed by atoms with Gasteiger partial charge < -0.3 is 0 Å². The van der Waals surface area contributed by atoms with E-state index < -0.39 is 0 Å². The Bertz CT molecular complexity index is 535. The van der Waals surface area contributed by atoms with Gasteiger partial charge in [0.25, 0.3) is 5.56 Å². The second-order valence-corrected chi connectivity index (χ2v) is 3.23. The van der Waals surface area contributed by atoms with Crippen LogP contribution < -0.4 is 5.56 Å². The third-order valence-electron chi connectivity index (χ3n) is 2.01. The first-order valence-corrected chi connectivity index (χ1v) is 4.61. The normalized spacial score (nSPS) is 10.7. The smallest absolute Gasteiger partial charge is 0.264 e. The van der Waals surface area contributed by atoms with Crippen molar-refractivity contribution in [3.63, 3.8) is 0 Å². The number of hydrogen-bond acceptors (Lipinski definition) is 3. The molecule has 0 N–H and O–H groups in total. The molecule has 2 aromatic rings. The third kappa shape index (κ3) is 1.28. The minimum atomic E-state index is -0.143. The van der Waals surface area contributed by atoms with Crippen molar-refractivity contribution in [1.29, 1.82) is 0 Å². The molecular weight excluding hydrogens is 202 g/mol. The van der Waals surface area contributed by atoms with Gasteiger partial charge in [-0.05, 0) is 13.0 Å². The number of rotatable bonds is 1. The summed E-state index contributed by atoms with van der Waals surface area (Å²) in [4.78, 5) is 19.8. The molecule has 2 rings (SSSR count). The van der Waals surface area contributed by atoms with Gasteiger partial charge in [0.1, 0.15) is 5.39 Å². The first kappa shape index (κ1) is 9.15. The molecule has 4 nitrogen and oxygen atoms in total. The van der Waals surface area contributed by atoms with Crippen molar-refractivity contribution < 1.29 is 0 Å². The number of hydrogen-bond donors (Lipinski definition) is 0. The van der Waals surface area contributed by atoms with E-state index in [1.165, 1.54) is 17.1 Å². The predicted octanol–water partition coefficient (Wildman–Crippen LogP) is 1.46. The molecule has 2 aromatic heterocycles. The number of fused-ring (bicyclic) bond motifs is 1. The lowest BCUT2D eigenvalue weighted by Gasteiger charge is -2.02. The van der Waals surface area contributed by atoms with Crippen LogP contribution in [0.3, 0.4) is 0 Å². The van der Waals surface area contributed by atoms with Gasteiger partial charge in [0.05, 0.1) is 11.3 Å². The van der Waals surface area contributed by atoms with E-state index in [9.17, 15) is 4.79 Å². The van der Waals surface area contributed by atoms with E-state index in [1.807, 2.05) is 6.92 Å². The molecule has 0 saturated carbocycles. The van der Waals surface area contributed by atoms with Gasteiger partial charge in [-0.1, -0.05) is 11.6 Å². The summed E-state index contributed by atoms with van der Waals surface area (Å²) in [5.74, 6) is 0. The van der Waals surface area contributed by atoms with Crippen molar-refractivity contribution in [3.05, 3.63) is 34.0 Å². The van der Waals surface area contributed by atoms with Crippen molar-refractivity contribution in [2.45, 2.75) is 13.5 Å². The summed E-state index contributed by atoms with van der Waals surface area (Å²) in [6, 6.07) is 1.59. The lowest BCUT2D eigenvalue weighted by atomic mass is 10.3. The average Bonchev–Trinajstić information content (AvgIpc) is 2.18. The summed E-state index contributed by atoms with van der Waals surface area (Å²) < 4.78 is 1.50. The third-order valence-corrected chi connectivity index (χ3v) is 2.33. The molecule has 2 heterocycles. The molecule has 0 fully saturated rings. The topological polar surface area (TPSA) is 47.8 Å². The van der Waals surface area contributed by atoms with E-state index in [1.54, 1.807) is 6.07 Å². The van der Waals surface area contributed by atoms with Crippen molar-refractivity contribution in [2.75, 3.05) is 0 Å². The van der Waals surface area contributed by atoms with Crippen molar-refractivity contribution in [1.82, 2.24) is 14.5 Å². The second-order valence-electron chi connectivity index (χ2n) is 2.83. The Hall–Kier alpha value is -1.42. The van der Waals surface area contributed by atoms with Gasteiger partial charge in [-0.25, -0.2) is 9.97 Å². The molecular formula is C9H8ClN3O. The Morgan fingerprint density at radius 3 is 3.00 bits per heavy atom. The molecule has 0 unspecified atom stereocenters. The number of pyridine rings is 1. The van der Waals surface area contributed by atoms with Gasteiger partial charge in [0.2, 0.25) is 0 Å². The average molecular weight is 210 g/mol. The first-order chi connectivity index (χ1) is 6.74. The van der Waals surface area contributed by atoms with Crippen molar-refractivity contribution in [3.8, 4) is 0 Å². The molecule has 0 aliphatic heterocycles. The highest BCUT2D eigenvalue weighted by molar-refractivity contribution is 6.35. The van der Waals surface area contributed by atoms with Gasteiger partial charge in [-0.3, -0.25) is 9.36 Å². The highest BCUT2D eigenvalue weighted by Crippen LogP contribution is 2.15. The molecule has 0 bridgehead atoms. The minimum absolute atomic E-state index is 0.143. The van der Waals surface area contributed by atoms with Crippen molar-refractivity contribution in [2.24, 2.45) is 0 Å². The highest BCUT2D eigenvalue weighted by Gasteiger charge is 2.06. The second kappa shape index (κ2) is 3.38. The fraction of sp³-hybridized carbons (Fsp3) is 0.222. The molecule has 0 aromatic carbocycles. The number of nitrogens with zero attached hydrogens (tertiary/aromatic N) is 3. The molecule has 0 radical (unpaired) electrons. The summed E-state index contributed by atoms with van der Waals surface area (Å²) in [5, 5.41) is 0.786. The lowest BCUT2D eigenvalue weighted by molar-refractivity contribution is 0.716. The standard InChI is InChI=1S/C9H8ClN3O/c1-2-13-5-12-8-7(9(13)14)6(10)3-4-11-8/h3-5H,2H2,1H3. The van der Waals surface area contributed by atoms with Gasteiger partial charge in [0, 0.05) is 12.7 Å². The predicted molar refractivity (Wildman–Crippen MR) is 54.5 cm³/mol. The van der Waals surface area contributed by atoms with Crippen LogP contribution in [0.15, 0.2) is 23.4 Å². The summed E-state index contributed by atoms with van der Waals surface area (Å²) in [6.45, 7) is 2.45. The molecule has 0 amide bonds. The van der Waals surface area contributed by atoms with Crippen LogP contribution in [-0.2, 0) is 6.54 Å². The maximum atomic E-state index is 11.8. The largest absolute Gasteiger partial charge is 0.299 e.